The summed E-state index contributed by atoms with van der Waals surface area (Å²) in [7, 11) is 0. The summed E-state index contributed by atoms with van der Waals surface area (Å²) in [5, 5.41) is 0.762. The standard InChI is InChI=1S/C24H28ClN3O/c1-4-27(5-2)20-12-10-19(11-13-20)23-16-21(24(26)29)17(3)28(23)15-14-18-8-6-7-9-22(18)25/h6-13,16H,4-5,14-15H2,1-3H3,(H2,26,29). The molecule has 0 saturated heterocycles. The molecule has 3 aromatic rings. The molecule has 0 radical (unpaired) electrons. The van der Waals surface area contributed by atoms with Crippen LogP contribution in [0.5, 0.6) is 0 Å². The minimum Gasteiger partial charge on any atom is -0.372 e. The van der Waals surface area contributed by atoms with Gasteiger partial charge in [0.15, 0.2) is 0 Å². The maximum absolute atomic E-state index is 11.9. The van der Waals surface area contributed by atoms with Crippen molar-refractivity contribution >= 4 is 23.2 Å². The van der Waals surface area contributed by atoms with Crippen LogP contribution < -0.4 is 10.6 Å². The Balaban J connectivity index is 1.96. The van der Waals surface area contributed by atoms with Gasteiger partial charge in [-0.25, -0.2) is 0 Å². The predicted octanol–water partition coefficient (Wildman–Crippen LogP) is 5.30. The number of carbonyl (C=O) groups excluding carboxylic acids is 1. The number of halogens is 1. The van der Waals surface area contributed by atoms with E-state index in [1.807, 2.05) is 37.3 Å². The van der Waals surface area contributed by atoms with Gasteiger partial charge >= 0.3 is 0 Å². The first kappa shape index (κ1) is 21.0. The van der Waals surface area contributed by atoms with E-state index >= 15 is 0 Å². The Morgan fingerprint density at radius 3 is 2.31 bits per heavy atom. The van der Waals surface area contributed by atoms with Crippen molar-refractivity contribution in [3.63, 3.8) is 0 Å². The number of rotatable bonds is 8. The molecule has 0 saturated carbocycles. The molecule has 0 atom stereocenters. The maximum Gasteiger partial charge on any atom is 0.250 e. The van der Waals surface area contributed by atoms with Crippen molar-refractivity contribution in [3.8, 4) is 11.3 Å². The lowest BCUT2D eigenvalue weighted by Crippen LogP contribution is -2.21. The quantitative estimate of drug-likeness (QED) is 0.548. The molecule has 0 aliphatic heterocycles. The summed E-state index contributed by atoms with van der Waals surface area (Å²) in [6.45, 7) is 8.90. The molecule has 0 unspecified atom stereocenters. The number of aryl methyl sites for hydroxylation is 1. The number of anilines is 1. The highest BCUT2D eigenvalue weighted by Crippen LogP contribution is 2.29. The molecule has 1 aromatic heterocycles. The largest absolute Gasteiger partial charge is 0.372 e. The Kier molecular flexibility index (Phi) is 6.65. The van der Waals surface area contributed by atoms with E-state index in [4.69, 9.17) is 17.3 Å². The first-order chi connectivity index (χ1) is 14.0. The summed E-state index contributed by atoms with van der Waals surface area (Å²) >= 11 is 6.33. The second-order valence-electron chi connectivity index (χ2n) is 7.11. The van der Waals surface area contributed by atoms with Crippen LogP contribution in [0.2, 0.25) is 5.02 Å². The van der Waals surface area contributed by atoms with Gasteiger partial charge in [-0.05, 0) is 62.6 Å². The van der Waals surface area contributed by atoms with Gasteiger partial charge in [0.25, 0.3) is 5.91 Å². The number of benzene rings is 2. The molecule has 0 aliphatic rings. The highest BCUT2D eigenvalue weighted by Gasteiger charge is 2.17. The SMILES string of the molecule is CCN(CC)c1ccc(-c2cc(C(N)=O)c(C)n2CCc2ccccc2Cl)cc1. The Morgan fingerprint density at radius 2 is 1.72 bits per heavy atom. The third kappa shape index (κ3) is 4.48. The van der Waals surface area contributed by atoms with E-state index in [0.29, 0.717) is 5.56 Å². The van der Waals surface area contributed by atoms with Gasteiger partial charge in [0.1, 0.15) is 0 Å². The highest BCUT2D eigenvalue weighted by molar-refractivity contribution is 6.31. The van der Waals surface area contributed by atoms with Crippen LogP contribution in [0.4, 0.5) is 5.69 Å². The average Bonchev–Trinajstić information content (AvgIpc) is 3.05. The van der Waals surface area contributed by atoms with Gasteiger partial charge < -0.3 is 15.2 Å². The van der Waals surface area contributed by atoms with Crippen LogP contribution >= 0.6 is 11.6 Å². The van der Waals surface area contributed by atoms with Gasteiger partial charge in [-0.3, -0.25) is 4.79 Å². The number of aromatic nitrogens is 1. The van der Waals surface area contributed by atoms with Gasteiger partial charge in [-0.1, -0.05) is 41.9 Å². The van der Waals surface area contributed by atoms with Gasteiger partial charge in [0.2, 0.25) is 0 Å². The van der Waals surface area contributed by atoms with Crippen molar-refractivity contribution in [1.29, 1.82) is 0 Å². The zero-order valence-electron chi connectivity index (χ0n) is 17.3. The molecule has 0 spiro atoms. The van der Waals surface area contributed by atoms with E-state index < -0.39 is 5.91 Å². The number of primary amides is 1. The van der Waals surface area contributed by atoms with Crippen LogP contribution in [0, 0.1) is 6.92 Å². The first-order valence-corrected chi connectivity index (χ1v) is 10.4. The summed E-state index contributed by atoms with van der Waals surface area (Å²) in [5.74, 6) is -0.403. The summed E-state index contributed by atoms with van der Waals surface area (Å²) in [6, 6.07) is 18.2. The molecular formula is C24H28ClN3O. The molecule has 0 aliphatic carbocycles. The first-order valence-electron chi connectivity index (χ1n) is 10.0. The summed E-state index contributed by atoms with van der Waals surface area (Å²) < 4.78 is 2.16. The lowest BCUT2D eigenvalue weighted by molar-refractivity contribution is 0.0999. The molecule has 5 heteroatoms. The second-order valence-corrected chi connectivity index (χ2v) is 7.51. The van der Waals surface area contributed by atoms with Gasteiger partial charge in [0.05, 0.1) is 5.56 Å². The van der Waals surface area contributed by atoms with E-state index in [1.54, 1.807) is 0 Å². The minimum absolute atomic E-state index is 0.403. The number of amides is 1. The molecule has 152 valence electrons. The molecule has 29 heavy (non-hydrogen) atoms. The number of hydrogen-bond acceptors (Lipinski definition) is 2. The van der Waals surface area contributed by atoms with E-state index in [9.17, 15) is 4.79 Å². The molecule has 1 heterocycles. The molecule has 1 amide bonds. The fourth-order valence-electron chi connectivity index (χ4n) is 3.79. The van der Waals surface area contributed by atoms with Crippen molar-refractivity contribution in [1.82, 2.24) is 4.57 Å². The lowest BCUT2D eigenvalue weighted by atomic mass is 10.1. The number of nitrogens with two attached hydrogens (primary N) is 1. The average molecular weight is 410 g/mol. The van der Waals surface area contributed by atoms with E-state index in [-0.39, 0.29) is 0 Å². The summed E-state index contributed by atoms with van der Waals surface area (Å²) in [5.41, 5.74) is 11.4. The third-order valence-electron chi connectivity index (χ3n) is 5.49. The fraction of sp³-hybridized carbons (Fsp3) is 0.292. The van der Waals surface area contributed by atoms with Crippen molar-refractivity contribution in [2.24, 2.45) is 5.73 Å². The van der Waals surface area contributed by atoms with E-state index in [2.05, 4.69) is 47.6 Å². The fourth-order valence-corrected chi connectivity index (χ4v) is 4.02. The Hall–Kier alpha value is -2.72. The van der Waals surface area contributed by atoms with Crippen LogP contribution in [0.15, 0.2) is 54.6 Å². The molecule has 2 N–H and O–H groups in total. The zero-order valence-corrected chi connectivity index (χ0v) is 18.0. The molecule has 2 aromatic carbocycles. The smallest absolute Gasteiger partial charge is 0.250 e. The topological polar surface area (TPSA) is 51.3 Å². The van der Waals surface area contributed by atoms with Gasteiger partial charge in [-0.2, -0.15) is 0 Å². The van der Waals surface area contributed by atoms with Crippen LogP contribution in [0.25, 0.3) is 11.3 Å². The van der Waals surface area contributed by atoms with E-state index in [0.717, 1.165) is 53.6 Å². The molecule has 0 fully saturated rings. The van der Waals surface area contributed by atoms with Gasteiger partial charge in [0, 0.05) is 41.7 Å². The maximum atomic E-state index is 11.9. The molecule has 4 nitrogen and oxygen atoms in total. The number of nitrogens with zero attached hydrogens (tertiary/aromatic N) is 2. The zero-order chi connectivity index (χ0) is 21.0. The molecule has 0 bridgehead atoms. The lowest BCUT2D eigenvalue weighted by Gasteiger charge is -2.21. The van der Waals surface area contributed by atoms with Crippen molar-refractivity contribution in [2.45, 2.75) is 33.7 Å². The third-order valence-corrected chi connectivity index (χ3v) is 5.85. The van der Waals surface area contributed by atoms with E-state index in [1.165, 1.54) is 5.69 Å². The van der Waals surface area contributed by atoms with Crippen LogP contribution in [0.3, 0.4) is 0 Å². The number of carbonyl (C=O) groups is 1. The molecular weight excluding hydrogens is 382 g/mol. The molecule has 3 rings (SSSR count). The van der Waals surface area contributed by atoms with Crippen molar-refractivity contribution < 1.29 is 4.79 Å². The van der Waals surface area contributed by atoms with Crippen LogP contribution in [-0.2, 0) is 13.0 Å². The van der Waals surface area contributed by atoms with Crippen LogP contribution in [-0.4, -0.2) is 23.6 Å². The minimum atomic E-state index is -0.403. The summed E-state index contributed by atoms with van der Waals surface area (Å²) in [6.07, 6.45) is 0.776. The van der Waals surface area contributed by atoms with Crippen molar-refractivity contribution in [2.75, 3.05) is 18.0 Å². The monoisotopic (exact) mass is 409 g/mol. The van der Waals surface area contributed by atoms with Crippen LogP contribution in [0.1, 0.15) is 35.5 Å². The number of hydrogen-bond donors (Lipinski definition) is 1. The van der Waals surface area contributed by atoms with Crippen molar-refractivity contribution in [3.05, 3.63) is 76.4 Å². The Labute approximate surface area is 177 Å². The second kappa shape index (κ2) is 9.19. The Morgan fingerprint density at radius 1 is 1.07 bits per heavy atom. The van der Waals surface area contributed by atoms with Gasteiger partial charge in [-0.15, -0.1) is 0 Å². The normalized spacial score (nSPS) is 10.9. The predicted molar refractivity (Wildman–Crippen MR) is 122 cm³/mol. The Bertz CT molecular complexity index is 988. The highest BCUT2D eigenvalue weighted by atomic mass is 35.5. The summed E-state index contributed by atoms with van der Waals surface area (Å²) in [4.78, 5) is 14.3.